The molecule has 0 heterocycles. The van der Waals surface area contributed by atoms with Gasteiger partial charge in [-0.2, -0.15) is 0 Å². The first-order valence-electron chi connectivity index (χ1n) is 0. The Bertz CT molecular complexity index is 3.61. The molecule has 0 fully saturated rings. The summed E-state index contributed by atoms with van der Waals surface area (Å²) in [6.07, 6.45) is 0. The minimum atomic E-state index is 0. The van der Waals surface area contributed by atoms with Crippen LogP contribution in [0.25, 0.3) is 0 Å². The Morgan fingerprint density at radius 1 is 0.600 bits per heavy atom. The second-order valence-electron chi connectivity index (χ2n) is 0. The molecule has 0 aromatic heterocycles. The Kier molecular flexibility index (Phi) is 21100. The molecule has 33 valence electrons. The summed E-state index contributed by atoms with van der Waals surface area (Å²) in [5.74, 6) is 0. The van der Waals surface area contributed by atoms with Crippen LogP contribution >= 0.6 is 0 Å². The van der Waals surface area contributed by atoms with Crippen molar-refractivity contribution in [3.05, 3.63) is 0 Å². The Morgan fingerprint density at radius 2 is 0.600 bits per heavy atom. The van der Waals surface area contributed by atoms with Gasteiger partial charge in [0.15, 0.2) is 0 Å². The minimum Gasteiger partial charge on any atom is -2.00 e. The largest absolute Gasteiger partial charge is 6.00 e. The molecule has 0 spiro atoms. The van der Waals surface area contributed by atoms with Crippen molar-refractivity contribution in [3.63, 3.8) is 0 Å². The summed E-state index contributed by atoms with van der Waals surface area (Å²) in [5.41, 5.74) is 0. The molecule has 0 bridgehead atoms. The SMILES string of the molecule is [99Tc+6].[O-2].[O-2].[O-2].[OH-]. The smallest absolute Gasteiger partial charge is 2.00 e. The molecule has 5 heavy (non-hydrogen) atoms. The third-order valence-electron chi connectivity index (χ3n) is 0. The van der Waals surface area contributed by atoms with Crippen LogP contribution in [0.2, 0.25) is 0 Å². The van der Waals surface area contributed by atoms with Crippen LogP contribution < -0.4 is 0 Å². The van der Waals surface area contributed by atoms with Crippen molar-refractivity contribution in [1.82, 2.24) is 0 Å². The maximum absolute atomic E-state index is 0. The van der Waals surface area contributed by atoms with Gasteiger partial charge in [0.2, 0.25) is 0 Å². The first-order chi connectivity index (χ1) is 0. The Balaban J connectivity index is 0. The molecule has 0 saturated heterocycles. The van der Waals surface area contributed by atoms with E-state index in [0.717, 1.165) is 0 Å². The average Bonchev–Trinajstić information content (AvgIpc) is 0. The maximum Gasteiger partial charge on any atom is 6.00 e. The van der Waals surface area contributed by atoms with E-state index in [1.807, 2.05) is 0 Å². The third kappa shape index (κ3) is 116. The van der Waals surface area contributed by atoms with Crippen molar-refractivity contribution >= 4 is 0 Å². The zero-order chi connectivity index (χ0) is 0. The molecular formula is HO4Tc-. The molecule has 1 radical (unpaired) electrons. The van der Waals surface area contributed by atoms with Gasteiger partial charge in [0.05, 0.1) is 0 Å². The number of rotatable bonds is 0. The van der Waals surface area contributed by atoms with E-state index < -0.39 is 0 Å². The Labute approximate surface area is 42.8 Å². The molecule has 0 aliphatic rings. The first-order valence-corrected chi connectivity index (χ1v) is 0. The zero-order valence-corrected chi connectivity index (χ0v) is 3.91. The standard InChI is InChI=1S/H2O.3O.Tc/h1H2;;;;/q;3*-2;+6/p-1/i;;;;1+1. The van der Waals surface area contributed by atoms with Crippen molar-refractivity contribution in [2.45, 2.75) is 0 Å². The monoisotopic (exact) mass is 164 g/mol. The molecule has 0 unspecified atom stereocenters. The molecule has 0 aromatic carbocycles. The van der Waals surface area contributed by atoms with Gasteiger partial charge in [0.25, 0.3) is 0 Å². The van der Waals surface area contributed by atoms with Gasteiger partial charge in [-0.05, 0) is 0 Å². The van der Waals surface area contributed by atoms with Gasteiger partial charge in [-0.3, -0.25) is 0 Å². The fourth-order valence-corrected chi connectivity index (χ4v) is 0. The van der Waals surface area contributed by atoms with Crippen molar-refractivity contribution in [2.75, 3.05) is 0 Å². The van der Waals surface area contributed by atoms with Gasteiger partial charge in [0, 0.05) is 0 Å². The second kappa shape index (κ2) is 228. The predicted octanol–water partition coefficient (Wildman–Crippen LogP) is -0.536. The van der Waals surface area contributed by atoms with Gasteiger partial charge in [-0.1, -0.05) is 0 Å². The van der Waals surface area contributed by atoms with E-state index >= 15 is 0 Å². The summed E-state index contributed by atoms with van der Waals surface area (Å²) in [6, 6.07) is 0. The fraction of sp³-hybridized carbons (Fsp3) is 0. The van der Waals surface area contributed by atoms with E-state index in [1.54, 1.807) is 0 Å². The molecule has 0 saturated carbocycles. The summed E-state index contributed by atoms with van der Waals surface area (Å²) in [7, 11) is 0. The topological polar surface area (TPSA) is 116 Å². The van der Waals surface area contributed by atoms with Crippen LogP contribution in [0.15, 0.2) is 0 Å². The van der Waals surface area contributed by atoms with E-state index in [1.165, 1.54) is 0 Å². The van der Waals surface area contributed by atoms with E-state index in [0.29, 0.717) is 0 Å². The predicted molar refractivity (Wildman–Crippen MR) is 4.00 cm³/mol. The molecule has 0 rings (SSSR count). The van der Waals surface area contributed by atoms with E-state index in [9.17, 15) is 0 Å². The van der Waals surface area contributed by atoms with Crippen LogP contribution in [0.4, 0.5) is 0 Å². The van der Waals surface area contributed by atoms with E-state index in [4.69, 9.17) is 0 Å². The van der Waals surface area contributed by atoms with Crippen LogP contribution in [0.1, 0.15) is 0 Å². The molecule has 4 nitrogen and oxygen atoms in total. The van der Waals surface area contributed by atoms with Crippen LogP contribution in [0, 0.1) is 0 Å². The quantitative estimate of drug-likeness (QED) is 0.469. The maximum atomic E-state index is 0. The normalized spacial score (nSPS) is 0. The van der Waals surface area contributed by atoms with Crippen LogP contribution in [-0.4, -0.2) is 5.48 Å². The summed E-state index contributed by atoms with van der Waals surface area (Å²) >= 11 is 0. The van der Waals surface area contributed by atoms with Gasteiger partial charge in [-0.25, -0.2) is 0 Å². The zero-order valence-electron chi connectivity index (χ0n) is 2.05. The molecular weight excluding hydrogens is 163 g/mol. The first kappa shape index (κ1) is 462. The van der Waals surface area contributed by atoms with E-state index in [2.05, 4.69) is 0 Å². The average molecular weight is 164 g/mol. The summed E-state index contributed by atoms with van der Waals surface area (Å²) in [6.45, 7) is 0. The summed E-state index contributed by atoms with van der Waals surface area (Å²) < 4.78 is 0. The Hall–Kier alpha value is 0.489. The third-order valence-corrected chi connectivity index (χ3v) is 0. The molecule has 0 atom stereocenters. The number of hydrogen-bond acceptors (Lipinski definition) is 1. The molecule has 0 aliphatic heterocycles. The molecule has 0 amide bonds. The van der Waals surface area contributed by atoms with Crippen LogP contribution in [0.3, 0.4) is 0 Å². The second-order valence-corrected chi connectivity index (χ2v) is 0. The van der Waals surface area contributed by atoms with Gasteiger partial charge in [0.1, 0.15) is 0 Å². The van der Waals surface area contributed by atoms with Gasteiger partial charge >= 0.3 is 20.1 Å². The van der Waals surface area contributed by atoms with E-state index in [-0.39, 0.29) is 42.0 Å². The fourth-order valence-electron chi connectivity index (χ4n) is 0. The minimum absolute atomic E-state index is 0. The summed E-state index contributed by atoms with van der Waals surface area (Å²) in [4.78, 5) is 0. The summed E-state index contributed by atoms with van der Waals surface area (Å²) in [5, 5.41) is 0. The van der Waals surface area contributed by atoms with Crippen LogP contribution in [0.5, 0.6) is 0 Å². The van der Waals surface area contributed by atoms with Crippen molar-refractivity contribution in [3.8, 4) is 0 Å². The van der Waals surface area contributed by atoms with Gasteiger partial charge in [-0.15, -0.1) is 0 Å². The molecule has 1 N–H and O–H groups in total. The Morgan fingerprint density at radius 3 is 0.600 bits per heavy atom. The van der Waals surface area contributed by atoms with Crippen LogP contribution in [-0.2, 0) is 36.5 Å². The molecule has 5 heteroatoms. The van der Waals surface area contributed by atoms with Crippen molar-refractivity contribution < 1.29 is 42.0 Å². The van der Waals surface area contributed by atoms with Gasteiger partial charge < -0.3 is 21.9 Å². The molecule has 0 aromatic rings. The molecule has 0 aliphatic carbocycles. The van der Waals surface area contributed by atoms with Crippen molar-refractivity contribution in [1.29, 1.82) is 0 Å². The number of hydrogen-bond donors (Lipinski definition) is 0. The van der Waals surface area contributed by atoms with Crippen molar-refractivity contribution in [2.24, 2.45) is 0 Å².